The molecule has 1 heterocycles. The van der Waals surface area contributed by atoms with E-state index in [1.807, 2.05) is 13.8 Å². The van der Waals surface area contributed by atoms with E-state index >= 15 is 0 Å². The zero-order valence-corrected chi connectivity index (χ0v) is 8.07. The molecule has 0 aliphatic heterocycles. The number of carbonyl (C=O) groups is 1. The third kappa shape index (κ3) is 2.18. The van der Waals surface area contributed by atoms with E-state index in [-0.39, 0.29) is 11.5 Å². The Kier molecular flexibility index (Phi) is 3.01. The van der Waals surface area contributed by atoms with Gasteiger partial charge in [0.1, 0.15) is 5.56 Å². The Labute approximate surface area is 80.8 Å². The van der Waals surface area contributed by atoms with Crippen LogP contribution in [0.15, 0.2) is 11.1 Å². The van der Waals surface area contributed by atoms with Crippen molar-refractivity contribution in [3.63, 3.8) is 0 Å². The van der Waals surface area contributed by atoms with E-state index in [4.69, 9.17) is 5.11 Å². The second-order valence-corrected chi connectivity index (χ2v) is 3.46. The number of aromatic nitrogens is 2. The first-order valence-corrected chi connectivity index (χ1v) is 4.32. The van der Waals surface area contributed by atoms with Gasteiger partial charge in [-0.1, -0.05) is 13.8 Å². The van der Waals surface area contributed by atoms with Crippen LogP contribution in [0.5, 0.6) is 0 Å². The molecule has 0 bridgehead atoms. The summed E-state index contributed by atoms with van der Waals surface area (Å²) in [5, 5.41) is 8.80. The maximum absolute atomic E-state index is 11.2. The van der Waals surface area contributed by atoms with E-state index < -0.39 is 11.5 Å². The minimum Gasteiger partial charge on any atom is -0.477 e. The molecule has 0 atom stereocenters. The van der Waals surface area contributed by atoms with Crippen molar-refractivity contribution >= 4 is 5.97 Å². The van der Waals surface area contributed by atoms with E-state index in [1.54, 1.807) is 0 Å². The molecular weight excluding hydrogens is 184 g/mol. The summed E-state index contributed by atoms with van der Waals surface area (Å²) in [6, 6.07) is 0. The largest absolute Gasteiger partial charge is 0.477 e. The lowest BCUT2D eigenvalue weighted by Gasteiger charge is -2.05. The van der Waals surface area contributed by atoms with Crippen molar-refractivity contribution in [2.75, 3.05) is 0 Å². The van der Waals surface area contributed by atoms with Gasteiger partial charge in [0, 0.05) is 0 Å². The number of aromatic amines is 1. The Morgan fingerprint density at radius 2 is 2.29 bits per heavy atom. The third-order valence-corrected chi connectivity index (χ3v) is 1.75. The molecule has 0 aliphatic rings. The van der Waals surface area contributed by atoms with Crippen LogP contribution in [0.1, 0.15) is 29.9 Å². The number of hydrogen-bond donors (Lipinski definition) is 2. The van der Waals surface area contributed by atoms with Gasteiger partial charge in [0.2, 0.25) is 0 Å². The molecule has 1 aromatic rings. The first-order valence-electron chi connectivity index (χ1n) is 4.32. The molecule has 5 heteroatoms. The number of rotatable bonds is 3. The fourth-order valence-corrected chi connectivity index (χ4v) is 1.20. The SMILES string of the molecule is CC(C)Cc1nc[nH]c(=O)c1C(=O)O. The number of carboxylic acids is 1. The van der Waals surface area contributed by atoms with Gasteiger partial charge in [-0.2, -0.15) is 0 Å². The van der Waals surface area contributed by atoms with Gasteiger partial charge in [-0.25, -0.2) is 9.78 Å². The molecule has 1 aromatic heterocycles. The minimum absolute atomic E-state index is 0.249. The quantitative estimate of drug-likeness (QED) is 0.744. The van der Waals surface area contributed by atoms with E-state index in [1.165, 1.54) is 6.33 Å². The summed E-state index contributed by atoms with van der Waals surface area (Å²) in [6.07, 6.45) is 1.72. The average molecular weight is 196 g/mol. The maximum atomic E-state index is 11.2. The van der Waals surface area contributed by atoms with Crippen molar-refractivity contribution in [1.29, 1.82) is 0 Å². The average Bonchev–Trinajstić information content (AvgIpc) is 2.01. The summed E-state index contributed by atoms with van der Waals surface area (Å²) in [4.78, 5) is 28.1. The number of aromatic carboxylic acids is 1. The number of nitrogens with zero attached hydrogens (tertiary/aromatic N) is 1. The van der Waals surface area contributed by atoms with Gasteiger partial charge in [-0.05, 0) is 12.3 Å². The van der Waals surface area contributed by atoms with Crippen LogP contribution in [0.25, 0.3) is 0 Å². The van der Waals surface area contributed by atoms with E-state index in [0.29, 0.717) is 12.1 Å². The highest BCUT2D eigenvalue weighted by molar-refractivity contribution is 5.88. The molecule has 0 unspecified atom stereocenters. The van der Waals surface area contributed by atoms with Crippen molar-refractivity contribution in [1.82, 2.24) is 9.97 Å². The van der Waals surface area contributed by atoms with Crippen molar-refractivity contribution < 1.29 is 9.90 Å². The molecule has 2 N–H and O–H groups in total. The zero-order valence-electron chi connectivity index (χ0n) is 8.07. The molecule has 14 heavy (non-hydrogen) atoms. The van der Waals surface area contributed by atoms with Crippen molar-refractivity contribution in [3.05, 3.63) is 27.9 Å². The van der Waals surface area contributed by atoms with Crippen LogP contribution < -0.4 is 5.56 Å². The third-order valence-electron chi connectivity index (χ3n) is 1.75. The van der Waals surface area contributed by atoms with E-state index in [2.05, 4.69) is 9.97 Å². The number of carboxylic acid groups (broad SMARTS) is 1. The summed E-state index contributed by atoms with van der Waals surface area (Å²) in [7, 11) is 0. The second-order valence-electron chi connectivity index (χ2n) is 3.46. The summed E-state index contributed by atoms with van der Waals surface area (Å²) >= 11 is 0. The molecule has 5 nitrogen and oxygen atoms in total. The van der Waals surface area contributed by atoms with Gasteiger partial charge >= 0.3 is 5.97 Å². The highest BCUT2D eigenvalue weighted by atomic mass is 16.4. The van der Waals surface area contributed by atoms with Gasteiger partial charge in [0.15, 0.2) is 0 Å². The van der Waals surface area contributed by atoms with Gasteiger partial charge in [-0.15, -0.1) is 0 Å². The van der Waals surface area contributed by atoms with Crippen LogP contribution in [-0.2, 0) is 6.42 Å². The number of hydrogen-bond acceptors (Lipinski definition) is 3. The molecule has 0 amide bonds. The van der Waals surface area contributed by atoms with Crippen LogP contribution in [0.2, 0.25) is 0 Å². The standard InChI is InChI=1S/C9H12N2O3/c1-5(2)3-6-7(9(13)14)8(12)11-4-10-6/h4-5H,3H2,1-2H3,(H,13,14)(H,10,11,12). The summed E-state index contributed by atoms with van der Waals surface area (Å²) < 4.78 is 0. The highest BCUT2D eigenvalue weighted by Crippen LogP contribution is 2.06. The molecule has 0 fully saturated rings. The Hall–Kier alpha value is -1.65. The topological polar surface area (TPSA) is 83.0 Å². The van der Waals surface area contributed by atoms with Crippen LogP contribution in [0.3, 0.4) is 0 Å². The Bertz CT molecular complexity index is 395. The normalized spacial score (nSPS) is 10.5. The van der Waals surface area contributed by atoms with Crippen molar-refractivity contribution in [3.8, 4) is 0 Å². The molecule has 0 radical (unpaired) electrons. The lowest BCUT2D eigenvalue weighted by molar-refractivity contribution is 0.0693. The molecular formula is C9H12N2O3. The Morgan fingerprint density at radius 1 is 1.64 bits per heavy atom. The second kappa shape index (κ2) is 4.04. The summed E-state index contributed by atoms with van der Waals surface area (Å²) in [6.45, 7) is 3.88. The number of nitrogens with one attached hydrogen (secondary N) is 1. The van der Waals surface area contributed by atoms with Gasteiger partial charge in [0.05, 0.1) is 12.0 Å². The van der Waals surface area contributed by atoms with Gasteiger partial charge < -0.3 is 10.1 Å². The minimum atomic E-state index is -1.23. The first kappa shape index (κ1) is 10.4. The smallest absolute Gasteiger partial charge is 0.343 e. The van der Waals surface area contributed by atoms with Gasteiger partial charge in [-0.3, -0.25) is 4.79 Å². The molecule has 0 saturated carbocycles. The Balaban J connectivity index is 3.22. The lowest BCUT2D eigenvalue weighted by atomic mass is 10.0. The Morgan fingerprint density at radius 3 is 2.79 bits per heavy atom. The van der Waals surface area contributed by atoms with Crippen LogP contribution in [0.4, 0.5) is 0 Å². The predicted molar refractivity (Wildman–Crippen MR) is 50.4 cm³/mol. The molecule has 76 valence electrons. The monoisotopic (exact) mass is 196 g/mol. The van der Waals surface area contributed by atoms with Crippen molar-refractivity contribution in [2.24, 2.45) is 5.92 Å². The summed E-state index contributed by atoms with van der Waals surface area (Å²) in [5.41, 5.74) is -0.499. The molecule has 0 spiro atoms. The fourth-order valence-electron chi connectivity index (χ4n) is 1.20. The molecule has 0 aliphatic carbocycles. The van der Waals surface area contributed by atoms with Crippen molar-refractivity contribution in [2.45, 2.75) is 20.3 Å². The molecule has 0 aromatic carbocycles. The van der Waals surface area contributed by atoms with Crippen LogP contribution in [-0.4, -0.2) is 21.0 Å². The van der Waals surface area contributed by atoms with Crippen LogP contribution >= 0.6 is 0 Å². The van der Waals surface area contributed by atoms with Gasteiger partial charge in [0.25, 0.3) is 5.56 Å². The number of H-pyrrole nitrogens is 1. The van der Waals surface area contributed by atoms with E-state index in [0.717, 1.165) is 0 Å². The maximum Gasteiger partial charge on any atom is 0.343 e. The highest BCUT2D eigenvalue weighted by Gasteiger charge is 2.16. The lowest BCUT2D eigenvalue weighted by Crippen LogP contribution is -2.22. The van der Waals surface area contributed by atoms with E-state index in [9.17, 15) is 9.59 Å². The molecule has 1 rings (SSSR count). The fraction of sp³-hybridized carbons (Fsp3) is 0.444. The van der Waals surface area contributed by atoms with Crippen LogP contribution in [0, 0.1) is 5.92 Å². The predicted octanol–water partition coefficient (Wildman–Crippen LogP) is 0.667. The first-order chi connectivity index (χ1) is 6.52. The zero-order chi connectivity index (χ0) is 10.7. The molecule has 0 saturated heterocycles. The summed E-state index contributed by atoms with van der Waals surface area (Å²) in [5.74, 6) is -0.961.